The third kappa shape index (κ3) is 4.53. The number of benzene rings is 2. The van der Waals surface area contributed by atoms with Crippen LogP contribution in [0.1, 0.15) is 30.6 Å². The number of fused-ring (bicyclic) bond motifs is 1. The third-order valence-electron chi connectivity index (χ3n) is 3.70. The maximum atomic E-state index is 11.2. The summed E-state index contributed by atoms with van der Waals surface area (Å²) in [5.41, 5.74) is 2.04. The van der Waals surface area contributed by atoms with Gasteiger partial charge >= 0.3 is 6.08 Å². The Morgan fingerprint density at radius 1 is 1.00 bits per heavy atom. The fourth-order valence-corrected chi connectivity index (χ4v) is 2.38. The van der Waals surface area contributed by atoms with Gasteiger partial charge < -0.3 is 18.6 Å². The predicted octanol–water partition coefficient (Wildman–Crippen LogP) is 4.28. The lowest BCUT2D eigenvalue weighted by molar-refractivity contribution is 0.101. The van der Waals surface area contributed by atoms with Crippen molar-refractivity contribution >= 4 is 16.9 Å². The highest BCUT2D eigenvalue weighted by Crippen LogP contribution is 2.25. The zero-order chi connectivity index (χ0) is 18.4. The summed E-state index contributed by atoms with van der Waals surface area (Å²) in [4.78, 5) is 15.4. The summed E-state index contributed by atoms with van der Waals surface area (Å²) in [6.07, 6.45) is 0.997. The largest absolute Gasteiger partial charge is 0.493 e. The van der Waals surface area contributed by atoms with Crippen LogP contribution in [0.3, 0.4) is 0 Å². The number of ether oxygens (including phenoxy) is 3. The van der Waals surface area contributed by atoms with Crippen molar-refractivity contribution < 1.29 is 23.4 Å². The summed E-state index contributed by atoms with van der Waals surface area (Å²) in [6, 6.07) is 12.6. The summed E-state index contributed by atoms with van der Waals surface area (Å²) in [7, 11) is 0. The number of carbonyl (C=O) groups excluding carboxylic acids is 1. The summed E-state index contributed by atoms with van der Waals surface area (Å²) < 4.78 is 22.1. The van der Waals surface area contributed by atoms with Gasteiger partial charge in [0.05, 0.1) is 19.8 Å². The molecule has 136 valence electrons. The van der Waals surface area contributed by atoms with E-state index in [1.54, 1.807) is 37.3 Å². The van der Waals surface area contributed by atoms with E-state index in [1.165, 1.54) is 0 Å². The molecule has 1 aromatic heterocycles. The van der Waals surface area contributed by atoms with Crippen LogP contribution >= 0.6 is 0 Å². The van der Waals surface area contributed by atoms with Crippen LogP contribution < -0.4 is 14.2 Å². The average molecular weight is 355 g/mol. The molecule has 0 atom stereocenters. The van der Waals surface area contributed by atoms with Gasteiger partial charge in [-0.05, 0) is 50.2 Å². The van der Waals surface area contributed by atoms with Crippen molar-refractivity contribution in [2.45, 2.75) is 20.3 Å². The van der Waals surface area contributed by atoms with Crippen LogP contribution in [0.4, 0.5) is 0 Å². The number of aromatic nitrogens is 1. The van der Waals surface area contributed by atoms with Crippen molar-refractivity contribution in [3.63, 3.8) is 0 Å². The fraction of sp³-hybridized carbons (Fsp3) is 0.300. The molecular formula is C20H21NO5. The van der Waals surface area contributed by atoms with Gasteiger partial charge in [-0.15, -0.1) is 0 Å². The zero-order valence-electron chi connectivity index (χ0n) is 14.9. The summed E-state index contributed by atoms with van der Waals surface area (Å²) >= 11 is 0. The molecule has 0 saturated heterocycles. The molecule has 0 amide bonds. The Balaban J connectivity index is 1.44. The van der Waals surface area contributed by atoms with Crippen molar-refractivity contribution in [2.75, 3.05) is 19.8 Å². The number of rotatable bonds is 9. The number of hydrogen-bond donors (Lipinski definition) is 0. The maximum Gasteiger partial charge on any atom is 0.394 e. The van der Waals surface area contributed by atoms with E-state index >= 15 is 0 Å². The van der Waals surface area contributed by atoms with E-state index in [2.05, 4.69) is 4.98 Å². The van der Waals surface area contributed by atoms with Crippen molar-refractivity contribution in [1.29, 1.82) is 0 Å². The standard InChI is InChI=1S/C20H21NO5/c1-3-23-20-21-18-10-9-17(13-19(18)26-20)25-12-4-11-24-16-7-5-15(6-8-16)14(2)22/h5-10,13H,3-4,11-12H2,1-2H3. The van der Waals surface area contributed by atoms with E-state index in [1.807, 2.05) is 19.1 Å². The lowest BCUT2D eigenvalue weighted by atomic mass is 10.1. The van der Waals surface area contributed by atoms with Gasteiger partial charge in [0.1, 0.15) is 17.0 Å². The molecule has 6 nitrogen and oxygen atoms in total. The molecule has 0 radical (unpaired) electrons. The second kappa shape index (κ2) is 8.38. The summed E-state index contributed by atoms with van der Waals surface area (Å²) in [5, 5.41) is 0. The predicted molar refractivity (Wildman–Crippen MR) is 97.2 cm³/mol. The van der Waals surface area contributed by atoms with Crippen LogP contribution in [0.25, 0.3) is 11.1 Å². The van der Waals surface area contributed by atoms with Crippen LogP contribution in [0, 0.1) is 0 Å². The van der Waals surface area contributed by atoms with Gasteiger partial charge in [-0.2, -0.15) is 4.98 Å². The van der Waals surface area contributed by atoms with Gasteiger partial charge in [-0.1, -0.05) is 0 Å². The van der Waals surface area contributed by atoms with E-state index in [-0.39, 0.29) is 11.9 Å². The lowest BCUT2D eigenvalue weighted by Crippen LogP contribution is -2.05. The number of Topliss-reactive ketones (excluding diaryl/α,β-unsaturated/α-hetero) is 1. The average Bonchev–Trinajstić information content (AvgIpc) is 3.04. The van der Waals surface area contributed by atoms with Gasteiger partial charge in [-0.25, -0.2) is 0 Å². The maximum absolute atomic E-state index is 11.2. The molecule has 26 heavy (non-hydrogen) atoms. The van der Waals surface area contributed by atoms with Crippen LogP contribution in [0.15, 0.2) is 46.9 Å². The van der Waals surface area contributed by atoms with Gasteiger partial charge in [0.2, 0.25) is 0 Å². The second-order valence-electron chi connectivity index (χ2n) is 5.67. The number of carbonyl (C=O) groups is 1. The molecule has 2 aromatic carbocycles. The first kappa shape index (κ1) is 17.8. The van der Waals surface area contributed by atoms with E-state index in [9.17, 15) is 4.79 Å². The van der Waals surface area contributed by atoms with E-state index < -0.39 is 0 Å². The molecular weight excluding hydrogens is 334 g/mol. The quantitative estimate of drug-likeness (QED) is 0.421. The molecule has 0 spiro atoms. The highest BCUT2D eigenvalue weighted by atomic mass is 16.6. The fourth-order valence-electron chi connectivity index (χ4n) is 2.38. The SMILES string of the molecule is CCOc1nc2ccc(OCCCOc3ccc(C(C)=O)cc3)cc2o1. The Hall–Kier alpha value is -3.02. The molecule has 0 aliphatic heterocycles. The van der Waals surface area contributed by atoms with Crippen LogP contribution in [-0.2, 0) is 0 Å². The Bertz CT molecular complexity index is 870. The Morgan fingerprint density at radius 3 is 2.38 bits per heavy atom. The Labute approximate surface area is 151 Å². The first-order valence-corrected chi connectivity index (χ1v) is 8.55. The highest BCUT2D eigenvalue weighted by molar-refractivity contribution is 5.94. The van der Waals surface area contributed by atoms with Crippen LogP contribution in [0.2, 0.25) is 0 Å². The van der Waals surface area contributed by atoms with E-state index in [0.717, 1.165) is 17.7 Å². The minimum absolute atomic E-state index is 0.0436. The minimum Gasteiger partial charge on any atom is -0.493 e. The zero-order valence-corrected chi connectivity index (χ0v) is 14.9. The first-order chi connectivity index (χ1) is 12.7. The van der Waals surface area contributed by atoms with Crippen molar-refractivity contribution in [3.8, 4) is 17.6 Å². The molecule has 0 unspecified atom stereocenters. The molecule has 0 N–H and O–H groups in total. The van der Waals surface area contributed by atoms with Crippen LogP contribution in [0.5, 0.6) is 17.6 Å². The van der Waals surface area contributed by atoms with E-state index in [4.69, 9.17) is 18.6 Å². The molecule has 0 bridgehead atoms. The molecule has 3 aromatic rings. The Kier molecular flexibility index (Phi) is 5.73. The van der Waals surface area contributed by atoms with Crippen LogP contribution in [-0.4, -0.2) is 30.6 Å². The Morgan fingerprint density at radius 2 is 1.69 bits per heavy atom. The molecule has 0 fully saturated rings. The monoisotopic (exact) mass is 355 g/mol. The number of hydrogen-bond acceptors (Lipinski definition) is 6. The van der Waals surface area contributed by atoms with Gasteiger partial charge in [-0.3, -0.25) is 4.79 Å². The summed E-state index contributed by atoms with van der Waals surface area (Å²) in [5.74, 6) is 1.49. The number of nitrogens with zero attached hydrogens (tertiary/aromatic N) is 1. The molecule has 1 heterocycles. The molecule has 6 heteroatoms. The molecule has 0 saturated carbocycles. The first-order valence-electron chi connectivity index (χ1n) is 8.55. The van der Waals surface area contributed by atoms with Crippen molar-refractivity contribution in [3.05, 3.63) is 48.0 Å². The highest BCUT2D eigenvalue weighted by Gasteiger charge is 2.07. The van der Waals surface area contributed by atoms with E-state index in [0.29, 0.717) is 36.7 Å². The lowest BCUT2D eigenvalue weighted by Gasteiger charge is -2.08. The second-order valence-corrected chi connectivity index (χ2v) is 5.67. The smallest absolute Gasteiger partial charge is 0.394 e. The topological polar surface area (TPSA) is 70.8 Å². The van der Waals surface area contributed by atoms with Crippen molar-refractivity contribution in [2.24, 2.45) is 0 Å². The number of oxazole rings is 1. The van der Waals surface area contributed by atoms with Gasteiger partial charge in [0, 0.05) is 18.1 Å². The molecule has 3 rings (SSSR count). The van der Waals surface area contributed by atoms with Crippen molar-refractivity contribution in [1.82, 2.24) is 4.98 Å². The summed E-state index contributed by atoms with van der Waals surface area (Å²) in [6.45, 7) is 4.97. The van der Waals surface area contributed by atoms with Gasteiger partial charge in [0.25, 0.3) is 0 Å². The minimum atomic E-state index is 0.0436. The van der Waals surface area contributed by atoms with Gasteiger partial charge in [0.15, 0.2) is 11.4 Å². The number of ketones is 1. The molecule has 0 aliphatic rings. The molecule has 0 aliphatic carbocycles. The normalized spacial score (nSPS) is 10.7. The third-order valence-corrected chi connectivity index (χ3v) is 3.70.